The summed E-state index contributed by atoms with van der Waals surface area (Å²) in [5, 5.41) is 0. The molecule has 3 atom stereocenters. The second kappa shape index (κ2) is 9.96. The van der Waals surface area contributed by atoms with Crippen LogP contribution in [0.3, 0.4) is 0 Å². The van der Waals surface area contributed by atoms with Crippen molar-refractivity contribution in [1.29, 1.82) is 0 Å². The van der Waals surface area contributed by atoms with Gasteiger partial charge < -0.3 is 29.6 Å². The van der Waals surface area contributed by atoms with Crippen LogP contribution >= 0.6 is 0 Å². The summed E-state index contributed by atoms with van der Waals surface area (Å²) < 4.78 is 21.3. The summed E-state index contributed by atoms with van der Waals surface area (Å²) in [5.41, 5.74) is 3.48. The molecule has 1 saturated heterocycles. The molecule has 1 heterocycles. The number of rotatable bonds is 6. The summed E-state index contributed by atoms with van der Waals surface area (Å²) in [7, 11) is 0. The number of nitrogens with zero attached hydrogens (tertiary/aromatic N) is 1. The van der Waals surface area contributed by atoms with Crippen LogP contribution in [0.25, 0.3) is 0 Å². The van der Waals surface area contributed by atoms with E-state index in [9.17, 15) is 28.8 Å². The van der Waals surface area contributed by atoms with Crippen LogP contribution in [-0.2, 0) is 47.7 Å². The SMILES string of the molecule is CC(=O)OC1[C@@H](OC(C)=O)CC(OC(C)=O)(C(=O)N2CCCC2C(N)=O)C[C@@H]1OC(C)=O. The molecule has 2 aliphatic rings. The van der Waals surface area contributed by atoms with Gasteiger partial charge in [-0.05, 0) is 12.8 Å². The number of carbonyl (C=O) groups excluding carboxylic acids is 6. The second-order valence-electron chi connectivity index (χ2n) is 7.92. The van der Waals surface area contributed by atoms with Gasteiger partial charge in [-0.2, -0.15) is 0 Å². The summed E-state index contributed by atoms with van der Waals surface area (Å²) in [6.07, 6.45) is -3.67. The van der Waals surface area contributed by atoms with Gasteiger partial charge in [-0.15, -0.1) is 0 Å². The highest BCUT2D eigenvalue weighted by Gasteiger charge is 2.59. The molecule has 1 unspecified atom stereocenters. The molecule has 1 saturated carbocycles. The molecule has 0 bridgehead atoms. The maximum Gasteiger partial charge on any atom is 0.303 e. The fraction of sp³-hybridized carbons (Fsp3) is 0.700. The standard InChI is InChI=1S/C20H28N2O10/c1-10(23)29-15-8-20(32-13(4)26,19(28)22-7-5-6-14(22)18(21)27)9-16(30-11(2)24)17(15)31-12(3)25/h14-17H,5-9H2,1-4H3,(H2,21,27)/t14?,15-,16-,17?,20?/m0/s1. The van der Waals surface area contributed by atoms with Crippen LogP contribution in [0, 0.1) is 0 Å². The Hall–Kier alpha value is -3.18. The Morgan fingerprint density at radius 1 is 0.812 bits per heavy atom. The molecule has 2 fully saturated rings. The van der Waals surface area contributed by atoms with Gasteiger partial charge in [-0.1, -0.05) is 0 Å². The van der Waals surface area contributed by atoms with Crippen LogP contribution in [0.15, 0.2) is 0 Å². The minimum atomic E-state index is -1.94. The van der Waals surface area contributed by atoms with Crippen LogP contribution in [0.5, 0.6) is 0 Å². The van der Waals surface area contributed by atoms with Crippen LogP contribution in [-0.4, -0.2) is 77.1 Å². The first-order valence-electron chi connectivity index (χ1n) is 10.2. The van der Waals surface area contributed by atoms with Crippen LogP contribution in [0.1, 0.15) is 53.4 Å². The summed E-state index contributed by atoms with van der Waals surface area (Å²) in [5.74, 6) is -4.50. The fourth-order valence-corrected chi connectivity index (χ4v) is 4.34. The first kappa shape index (κ1) is 25.1. The molecule has 0 aromatic rings. The Kier molecular flexibility index (Phi) is 7.81. The average Bonchev–Trinajstić information content (AvgIpc) is 3.12. The Labute approximate surface area is 184 Å². The largest absolute Gasteiger partial charge is 0.458 e. The Balaban J connectivity index is 2.54. The molecule has 12 heteroatoms. The molecule has 1 aliphatic carbocycles. The number of carbonyl (C=O) groups is 6. The zero-order chi connectivity index (χ0) is 24.2. The Bertz CT molecular complexity index is 784. The number of nitrogens with two attached hydrogens (primary N) is 1. The third kappa shape index (κ3) is 5.74. The van der Waals surface area contributed by atoms with Gasteiger partial charge >= 0.3 is 23.9 Å². The van der Waals surface area contributed by atoms with Crippen molar-refractivity contribution >= 4 is 35.7 Å². The average molecular weight is 456 g/mol. The molecule has 178 valence electrons. The maximum atomic E-state index is 13.6. The minimum absolute atomic E-state index is 0.194. The van der Waals surface area contributed by atoms with Crippen LogP contribution < -0.4 is 5.73 Å². The lowest BCUT2D eigenvalue weighted by molar-refractivity contribution is -0.218. The molecular weight excluding hydrogens is 428 g/mol. The quantitative estimate of drug-likeness (QED) is 0.400. The van der Waals surface area contributed by atoms with Gasteiger partial charge in [0.25, 0.3) is 5.91 Å². The van der Waals surface area contributed by atoms with Gasteiger partial charge in [0.2, 0.25) is 5.91 Å². The molecule has 12 nitrogen and oxygen atoms in total. The normalized spacial score (nSPS) is 29.6. The first-order chi connectivity index (χ1) is 14.9. The van der Waals surface area contributed by atoms with E-state index < -0.39 is 65.6 Å². The maximum absolute atomic E-state index is 13.6. The summed E-state index contributed by atoms with van der Waals surface area (Å²) in [6.45, 7) is 4.62. The van der Waals surface area contributed by atoms with Crippen molar-refractivity contribution in [2.75, 3.05) is 6.54 Å². The monoisotopic (exact) mass is 456 g/mol. The zero-order valence-electron chi connectivity index (χ0n) is 18.5. The third-order valence-electron chi connectivity index (χ3n) is 5.30. The van der Waals surface area contributed by atoms with Gasteiger partial charge in [0, 0.05) is 47.1 Å². The second-order valence-corrected chi connectivity index (χ2v) is 7.92. The number of hydrogen-bond acceptors (Lipinski definition) is 10. The molecule has 1 aliphatic heterocycles. The van der Waals surface area contributed by atoms with E-state index in [1.165, 1.54) is 4.90 Å². The van der Waals surface area contributed by atoms with Crippen molar-refractivity contribution in [3.63, 3.8) is 0 Å². The van der Waals surface area contributed by atoms with Gasteiger partial charge in [0.1, 0.15) is 18.2 Å². The van der Waals surface area contributed by atoms with Crippen molar-refractivity contribution in [3.05, 3.63) is 0 Å². The highest BCUT2D eigenvalue weighted by atomic mass is 16.6. The van der Waals surface area contributed by atoms with E-state index in [4.69, 9.17) is 24.7 Å². The lowest BCUT2D eigenvalue weighted by Gasteiger charge is -2.46. The molecule has 0 spiro atoms. The minimum Gasteiger partial charge on any atom is -0.458 e. The molecule has 0 radical (unpaired) electrons. The predicted octanol–water partition coefficient (Wildman–Crippen LogP) is -0.646. The first-order valence-corrected chi connectivity index (χ1v) is 10.2. The van der Waals surface area contributed by atoms with E-state index in [1.807, 2.05) is 0 Å². The Morgan fingerprint density at radius 3 is 1.72 bits per heavy atom. The highest BCUT2D eigenvalue weighted by Crippen LogP contribution is 2.40. The molecule has 2 N–H and O–H groups in total. The molecule has 0 aromatic carbocycles. The lowest BCUT2D eigenvalue weighted by atomic mass is 9.77. The number of hydrogen-bond donors (Lipinski definition) is 1. The lowest BCUT2D eigenvalue weighted by Crippen LogP contribution is -2.64. The molecule has 2 rings (SSSR count). The number of likely N-dealkylation sites (tertiary alicyclic amines) is 1. The van der Waals surface area contributed by atoms with E-state index >= 15 is 0 Å². The summed E-state index contributed by atoms with van der Waals surface area (Å²) in [4.78, 5) is 73.8. The van der Waals surface area contributed by atoms with Crippen LogP contribution in [0.2, 0.25) is 0 Å². The van der Waals surface area contributed by atoms with Gasteiger partial charge in [-0.3, -0.25) is 28.8 Å². The zero-order valence-corrected chi connectivity index (χ0v) is 18.5. The molecule has 32 heavy (non-hydrogen) atoms. The van der Waals surface area contributed by atoms with E-state index in [-0.39, 0.29) is 19.4 Å². The van der Waals surface area contributed by atoms with E-state index in [0.29, 0.717) is 12.8 Å². The molecule has 0 aromatic heterocycles. The van der Waals surface area contributed by atoms with E-state index in [1.54, 1.807) is 0 Å². The third-order valence-corrected chi connectivity index (χ3v) is 5.30. The van der Waals surface area contributed by atoms with Crippen molar-refractivity contribution in [1.82, 2.24) is 4.90 Å². The van der Waals surface area contributed by atoms with Gasteiger partial charge in [0.15, 0.2) is 11.7 Å². The summed E-state index contributed by atoms with van der Waals surface area (Å²) in [6, 6.07) is -0.902. The highest BCUT2D eigenvalue weighted by molar-refractivity contribution is 5.93. The van der Waals surface area contributed by atoms with Gasteiger partial charge in [0.05, 0.1) is 0 Å². The van der Waals surface area contributed by atoms with Crippen molar-refractivity contribution in [3.8, 4) is 0 Å². The number of esters is 4. The summed E-state index contributed by atoms with van der Waals surface area (Å²) >= 11 is 0. The number of amides is 2. The number of primary amides is 1. The Morgan fingerprint density at radius 2 is 1.31 bits per heavy atom. The predicted molar refractivity (Wildman–Crippen MR) is 104 cm³/mol. The number of ether oxygens (including phenoxy) is 4. The van der Waals surface area contributed by atoms with E-state index in [2.05, 4.69) is 0 Å². The van der Waals surface area contributed by atoms with E-state index in [0.717, 1.165) is 27.7 Å². The van der Waals surface area contributed by atoms with Crippen LogP contribution in [0.4, 0.5) is 0 Å². The fourth-order valence-electron chi connectivity index (χ4n) is 4.34. The molecule has 2 amide bonds. The smallest absolute Gasteiger partial charge is 0.303 e. The van der Waals surface area contributed by atoms with Crippen molar-refractivity contribution in [2.24, 2.45) is 5.73 Å². The van der Waals surface area contributed by atoms with Gasteiger partial charge in [-0.25, -0.2) is 0 Å². The topological polar surface area (TPSA) is 169 Å². The van der Waals surface area contributed by atoms with Crippen molar-refractivity contribution < 1.29 is 47.7 Å². The molecular formula is C20H28N2O10. The van der Waals surface area contributed by atoms with Crippen molar-refractivity contribution in [2.45, 2.75) is 83.3 Å².